The van der Waals surface area contributed by atoms with Crippen molar-refractivity contribution >= 4 is 22.6 Å². The van der Waals surface area contributed by atoms with Gasteiger partial charge >= 0.3 is 6.03 Å². The van der Waals surface area contributed by atoms with Crippen molar-refractivity contribution in [3.8, 4) is 5.69 Å². The number of rotatable bonds is 4. The molecule has 0 spiro atoms. The molecule has 0 radical (unpaired) electrons. The van der Waals surface area contributed by atoms with Crippen LogP contribution in [0.2, 0.25) is 0 Å². The second-order valence-electron chi connectivity index (χ2n) is 6.93. The van der Waals surface area contributed by atoms with E-state index >= 15 is 0 Å². The molecule has 0 unspecified atom stereocenters. The first kappa shape index (κ1) is 17.4. The number of carbonyl (C=O) groups is 1. The molecule has 1 aliphatic rings. The van der Waals surface area contributed by atoms with Crippen LogP contribution >= 0.6 is 0 Å². The van der Waals surface area contributed by atoms with Crippen LogP contribution in [0.3, 0.4) is 0 Å². The number of hydrogen-bond acceptors (Lipinski definition) is 3. The third kappa shape index (κ3) is 3.00. The maximum Gasteiger partial charge on any atom is 0.324 e. The minimum atomic E-state index is -0.345. The third-order valence-electron chi connectivity index (χ3n) is 5.15. The highest BCUT2D eigenvalue weighted by Gasteiger charge is 2.31. The molecule has 0 atom stereocenters. The molecular formula is C22H18FN5O. The number of hydrogen-bond donors (Lipinski definition) is 0. The highest BCUT2D eigenvalue weighted by Crippen LogP contribution is 2.31. The van der Waals surface area contributed by atoms with E-state index in [1.807, 2.05) is 30.3 Å². The van der Waals surface area contributed by atoms with E-state index in [4.69, 9.17) is 0 Å². The van der Waals surface area contributed by atoms with Crippen LogP contribution in [-0.2, 0) is 6.54 Å². The molecule has 0 bridgehead atoms. The van der Waals surface area contributed by atoms with Gasteiger partial charge in [-0.05, 0) is 35.9 Å². The van der Waals surface area contributed by atoms with Crippen LogP contribution in [0.1, 0.15) is 5.56 Å². The summed E-state index contributed by atoms with van der Waals surface area (Å²) in [6.07, 6.45) is 5.18. The van der Waals surface area contributed by atoms with E-state index in [9.17, 15) is 9.18 Å². The first-order valence-corrected chi connectivity index (χ1v) is 9.39. The molecule has 4 aromatic rings. The number of aromatic nitrogens is 3. The van der Waals surface area contributed by atoms with E-state index in [0.717, 1.165) is 22.2 Å². The minimum Gasteiger partial charge on any atom is -0.318 e. The molecule has 29 heavy (non-hydrogen) atoms. The molecule has 5 rings (SSSR count). The van der Waals surface area contributed by atoms with Crippen LogP contribution in [-0.4, -0.2) is 38.8 Å². The molecule has 6 nitrogen and oxygen atoms in total. The molecule has 7 heteroatoms. The number of halogens is 1. The Morgan fingerprint density at radius 1 is 0.931 bits per heavy atom. The van der Waals surface area contributed by atoms with Crippen LogP contribution in [0, 0.1) is 5.82 Å². The van der Waals surface area contributed by atoms with Crippen molar-refractivity contribution in [3.05, 3.63) is 84.6 Å². The summed E-state index contributed by atoms with van der Waals surface area (Å²) in [6.45, 7) is 1.74. The lowest BCUT2D eigenvalue weighted by Crippen LogP contribution is -2.31. The highest BCUT2D eigenvalue weighted by molar-refractivity contribution is 6.03. The van der Waals surface area contributed by atoms with E-state index in [-0.39, 0.29) is 11.8 Å². The Bertz CT molecular complexity index is 1190. The Hall–Kier alpha value is -3.74. The first-order valence-electron chi connectivity index (χ1n) is 9.39. The smallest absolute Gasteiger partial charge is 0.318 e. The molecule has 1 fully saturated rings. The first-order chi connectivity index (χ1) is 14.2. The second-order valence-corrected chi connectivity index (χ2v) is 6.93. The van der Waals surface area contributed by atoms with Crippen molar-refractivity contribution in [1.82, 2.24) is 19.7 Å². The van der Waals surface area contributed by atoms with E-state index in [1.165, 1.54) is 6.07 Å². The van der Waals surface area contributed by atoms with Crippen molar-refractivity contribution in [1.29, 1.82) is 0 Å². The monoisotopic (exact) mass is 387 g/mol. The van der Waals surface area contributed by atoms with Gasteiger partial charge in [-0.3, -0.25) is 9.88 Å². The maximum absolute atomic E-state index is 14.3. The number of carbonyl (C=O) groups excluding carboxylic acids is 1. The van der Waals surface area contributed by atoms with Gasteiger partial charge in [-0.2, -0.15) is 5.10 Å². The molecule has 0 saturated carbocycles. The molecule has 0 N–H and O–H groups in total. The molecule has 2 amide bonds. The number of pyridine rings is 1. The van der Waals surface area contributed by atoms with E-state index in [1.54, 1.807) is 51.3 Å². The molecule has 2 aromatic carbocycles. The van der Waals surface area contributed by atoms with E-state index < -0.39 is 0 Å². The molecule has 144 valence electrons. The minimum absolute atomic E-state index is 0.0556. The average molecular weight is 387 g/mol. The summed E-state index contributed by atoms with van der Waals surface area (Å²) in [5.74, 6) is -0.345. The van der Waals surface area contributed by atoms with Crippen LogP contribution in [0.5, 0.6) is 0 Å². The number of fused-ring (bicyclic) bond motifs is 1. The average Bonchev–Trinajstić information content (AvgIpc) is 3.33. The lowest BCUT2D eigenvalue weighted by Gasteiger charge is -2.19. The number of amides is 2. The van der Waals surface area contributed by atoms with Gasteiger partial charge in [-0.1, -0.05) is 24.3 Å². The zero-order valence-corrected chi connectivity index (χ0v) is 15.6. The summed E-state index contributed by atoms with van der Waals surface area (Å²) in [6, 6.07) is 15.9. The number of urea groups is 1. The normalized spacial score (nSPS) is 14.2. The molecule has 1 saturated heterocycles. The van der Waals surface area contributed by atoms with Gasteiger partial charge in [0.2, 0.25) is 0 Å². The standard InChI is InChI=1S/C22H18FN5O/c23-18-6-1-2-7-21(18)28-20-9-3-8-19(17(20)14-25-28)27-12-11-26(22(27)29)15-16-5-4-10-24-13-16/h1-10,13-14H,11-12,15H2. The lowest BCUT2D eigenvalue weighted by atomic mass is 10.2. The molecule has 2 aromatic heterocycles. The summed E-state index contributed by atoms with van der Waals surface area (Å²) in [7, 11) is 0. The number of nitrogens with zero attached hydrogens (tertiary/aromatic N) is 5. The Labute approximate surface area is 166 Å². The summed E-state index contributed by atoms with van der Waals surface area (Å²) in [4.78, 5) is 20.7. The zero-order chi connectivity index (χ0) is 19.8. The number of para-hydroxylation sites is 1. The summed E-state index contributed by atoms with van der Waals surface area (Å²) < 4.78 is 15.8. The van der Waals surface area contributed by atoms with Gasteiger partial charge in [0.05, 0.1) is 17.4 Å². The quantitative estimate of drug-likeness (QED) is 0.532. The van der Waals surface area contributed by atoms with Crippen LogP contribution < -0.4 is 4.90 Å². The summed E-state index contributed by atoms with van der Waals surface area (Å²) >= 11 is 0. The lowest BCUT2D eigenvalue weighted by molar-refractivity contribution is 0.219. The van der Waals surface area contributed by atoms with Crippen LogP contribution in [0.25, 0.3) is 16.6 Å². The zero-order valence-electron chi connectivity index (χ0n) is 15.6. The van der Waals surface area contributed by atoms with Gasteiger partial charge < -0.3 is 4.90 Å². The molecule has 1 aliphatic heterocycles. The van der Waals surface area contributed by atoms with E-state index in [0.29, 0.717) is 25.3 Å². The Balaban J connectivity index is 1.48. The van der Waals surface area contributed by atoms with Crippen LogP contribution in [0.15, 0.2) is 73.2 Å². The molecule has 0 aliphatic carbocycles. The Morgan fingerprint density at radius 2 is 1.79 bits per heavy atom. The fourth-order valence-corrected chi connectivity index (χ4v) is 3.75. The van der Waals surface area contributed by atoms with Gasteiger partial charge in [0, 0.05) is 37.4 Å². The number of benzene rings is 2. The van der Waals surface area contributed by atoms with Crippen molar-refractivity contribution < 1.29 is 9.18 Å². The fourth-order valence-electron chi connectivity index (χ4n) is 3.75. The third-order valence-corrected chi connectivity index (χ3v) is 5.15. The van der Waals surface area contributed by atoms with Gasteiger partial charge in [-0.15, -0.1) is 0 Å². The van der Waals surface area contributed by atoms with Crippen molar-refractivity contribution in [2.45, 2.75) is 6.54 Å². The fraction of sp³-hybridized carbons (Fsp3) is 0.136. The number of anilines is 1. The van der Waals surface area contributed by atoms with Crippen molar-refractivity contribution in [3.63, 3.8) is 0 Å². The van der Waals surface area contributed by atoms with Gasteiger partial charge in [0.1, 0.15) is 11.5 Å². The Kier molecular flexibility index (Phi) is 4.20. The Morgan fingerprint density at radius 3 is 2.62 bits per heavy atom. The molecular weight excluding hydrogens is 369 g/mol. The SMILES string of the molecule is O=C1N(Cc2cccnc2)CCN1c1cccc2c1cnn2-c1ccccc1F. The predicted molar refractivity (Wildman–Crippen MR) is 108 cm³/mol. The predicted octanol–water partition coefficient (Wildman–Crippen LogP) is 4.00. The van der Waals surface area contributed by atoms with Crippen LogP contribution in [0.4, 0.5) is 14.9 Å². The van der Waals surface area contributed by atoms with Gasteiger partial charge in [0.25, 0.3) is 0 Å². The van der Waals surface area contributed by atoms with E-state index in [2.05, 4.69) is 10.1 Å². The summed E-state index contributed by atoms with van der Waals surface area (Å²) in [5, 5.41) is 5.20. The highest BCUT2D eigenvalue weighted by atomic mass is 19.1. The second kappa shape index (κ2) is 7.01. The van der Waals surface area contributed by atoms with Gasteiger partial charge in [0.15, 0.2) is 0 Å². The molecule has 3 heterocycles. The van der Waals surface area contributed by atoms with Crippen molar-refractivity contribution in [2.75, 3.05) is 18.0 Å². The topological polar surface area (TPSA) is 54.3 Å². The van der Waals surface area contributed by atoms with Crippen molar-refractivity contribution in [2.24, 2.45) is 0 Å². The van der Waals surface area contributed by atoms with Gasteiger partial charge in [-0.25, -0.2) is 13.9 Å². The summed E-state index contributed by atoms with van der Waals surface area (Å²) in [5.41, 5.74) is 2.91. The maximum atomic E-state index is 14.3. The largest absolute Gasteiger partial charge is 0.324 e.